The van der Waals surface area contributed by atoms with Crippen LogP contribution in [-0.4, -0.2) is 58.9 Å². The SMILES string of the molecule is CC(C)(C)OC(=O)N(Cc1ccccc1)C(CO)Cc1ccccc1.CCN(CC)CC. The fourth-order valence-electron chi connectivity index (χ4n) is 3.27. The summed E-state index contributed by atoms with van der Waals surface area (Å²) in [6.45, 7) is 15.9. The molecule has 0 heterocycles. The Hall–Kier alpha value is -2.37. The molecule has 0 saturated heterocycles. The minimum absolute atomic E-state index is 0.124. The minimum atomic E-state index is -0.585. The number of ether oxygens (including phenoxy) is 1. The van der Waals surface area contributed by atoms with Crippen LogP contribution in [0.1, 0.15) is 52.7 Å². The summed E-state index contributed by atoms with van der Waals surface area (Å²) in [6.07, 6.45) is 0.162. The zero-order valence-electron chi connectivity index (χ0n) is 20.8. The Balaban J connectivity index is 0.000000633. The van der Waals surface area contributed by atoms with E-state index in [1.54, 1.807) is 4.90 Å². The van der Waals surface area contributed by atoms with Crippen molar-refractivity contribution in [3.8, 4) is 0 Å². The van der Waals surface area contributed by atoms with E-state index in [-0.39, 0.29) is 12.6 Å². The van der Waals surface area contributed by atoms with Gasteiger partial charge in [-0.25, -0.2) is 4.79 Å². The second-order valence-electron chi connectivity index (χ2n) is 8.74. The number of hydrogen-bond acceptors (Lipinski definition) is 4. The van der Waals surface area contributed by atoms with Gasteiger partial charge in [0.05, 0.1) is 12.6 Å². The van der Waals surface area contributed by atoms with Gasteiger partial charge >= 0.3 is 6.09 Å². The van der Waals surface area contributed by atoms with Gasteiger partial charge in [0, 0.05) is 6.54 Å². The number of aliphatic hydroxyl groups excluding tert-OH is 1. The Morgan fingerprint density at radius 3 is 1.72 bits per heavy atom. The summed E-state index contributed by atoms with van der Waals surface area (Å²) < 4.78 is 5.57. The summed E-state index contributed by atoms with van der Waals surface area (Å²) in [5.74, 6) is 0. The Labute approximate surface area is 195 Å². The molecule has 0 aliphatic carbocycles. The number of carbonyl (C=O) groups excluding carboxylic acids is 1. The van der Waals surface area contributed by atoms with Crippen LogP contribution in [0.25, 0.3) is 0 Å². The van der Waals surface area contributed by atoms with E-state index >= 15 is 0 Å². The monoisotopic (exact) mass is 442 g/mol. The van der Waals surface area contributed by atoms with Crippen LogP contribution in [0.4, 0.5) is 4.79 Å². The quantitative estimate of drug-likeness (QED) is 0.567. The highest BCUT2D eigenvalue weighted by atomic mass is 16.6. The van der Waals surface area contributed by atoms with Crippen molar-refractivity contribution in [3.63, 3.8) is 0 Å². The first kappa shape index (κ1) is 27.7. The predicted octanol–water partition coefficient (Wildman–Crippen LogP) is 5.38. The van der Waals surface area contributed by atoms with Gasteiger partial charge in [-0.15, -0.1) is 0 Å². The molecule has 5 heteroatoms. The van der Waals surface area contributed by atoms with Gasteiger partial charge in [0.25, 0.3) is 0 Å². The van der Waals surface area contributed by atoms with E-state index in [0.29, 0.717) is 13.0 Å². The van der Waals surface area contributed by atoms with Gasteiger partial charge in [-0.3, -0.25) is 4.90 Å². The molecule has 0 saturated carbocycles. The van der Waals surface area contributed by atoms with E-state index in [2.05, 4.69) is 25.7 Å². The number of rotatable bonds is 9. The van der Waals surface area contributed by atoms with E-state index in [9.17, 15) is 9.90 Å². The number of amides is 1. The molecule has 0 aromatic heterocycles. The smallest absolute Gasteiger partial charge is 0.410 e. The lowest BCUT2D eigenvalue weighted by Gasteiger charge is -2.33. The average molecular weight is 443 g/mol. The van der Waals surface area contributed by atoms with Crippen LogP contribution in [0, 0.1) is 0 Å². The maximum Gasteiger partial charge on any atom is 0.410 e. The summed E-state index contributed by atoms with van der Waals surface area (Å²) >= 11 is 0. The molecule has 0 aliphatic rings. The molecule has 1 N–H and O–H groups in total. The van der Waals surface area contributed by atoms with Gasteiger partial charge in [-0.05, 0) is 58.0 Å². The second-order valence-corrected chi connectivity index (χ2v) is 8.74. The molecular weight excluding hydrogens is 400 g/mol. The number of hydrogen-bond donors (Lipinski definition) is 1. The van der Waals surface area contributed by atoms with Gasteiger partial charge in [0.15, 0.2) is 0 Å². The largest absolute Gasteiger partial charge is 0.444 e. The highest BCUT2D eigenvalue weighted by molar-refractivity contribution is 5.68. The molecule has 5 nitrogen and oxygen atoms in total. The first-order valence-corrected chi connectivity index (χ1v) is 11.6. The molecule has 2 aromatic carbocycles. The summed E-state index contributed by atoms with van der Waals surface area (Å²) in [5.41, 5.74) is 1.49. The van der Waals surface area contributed by atoms with Crippen LogP contribution in [0.15, 0.2) is 60.7 Å². The summed E-state index contributed by atoms with van der Waals surface area (Å²) in [6, 6.07) is 19.3. The van der Waals surface area contributed by atoms with Gasteiger partial charge in [-0.1, -0.05) is 81.4 Å². The van der Waals surface area contributed by atoms with Crippen LogP contribution in [0.5, 0.6) is 0 Å². The van der Waals surface area contributed by atoms with Gasteiger partial charge in [0.1, 0.15) is 5.60 Å². The highest BCUT2D eigenvalue weighted by Gasteiger charge is 2.28. The van der Waals surface area contributed by atoms with Gasteiger partial charge < -0.3 is 14.7 Å². The third-order valence-electron chi connectivity index (χ3n) is 5.13. The van der Waals surface area contributed by atoms with Crippen LogP contribution in [0.3, 0.4) is 0 Å². The van der Waals surface area contributed by atoms with Crippen LogP contribution in [-0.2, 0) is 17.7 Å². The molecular formula is C27H42N2O3. The van der Waals surface area contributed by atoms with Crippen LogP contribution in [0.2, 0.25) is 0 Å². The number of aliphatic hydroxyl groups is 1. The highest BCUT2D eigenvalue weighted by Crippen LogP contribution is 2.18. The van der Waals surface area contributed by atoms with Gasteiger partial charge in [0.2, 0.25) is 0 Å². The van der Waals surface area contributed by atoms with Crippen molar-refractivity contribution in [3.05, 3.63) is 71.8 Å². The van der Waals surface area contributed by atoms with Crippen molar-refractivity contribution in [2.75, 3.05) is 26.2 Å². The minimum Gasteiger partial charge on any atom is -0.444 e. The lowest BCUT2D eigenvalue weighted by Crippen LogP contribution is -2.45. The molecule has 2 rings (SSSR count). The lowest BCUT2D eigenvalue weighted by atomic mass is 10.0. The predicted molar refractivity (Wildman–Crippen MR) is 133 cm³/mol. The number of benzene rings is 2. The number of nitrogens with zero attached hydrogens (tertiary/aromatic N) is 2. The van der Waals surface area contributed by atoms with Gasteiger partial charge in [-0.2, -0.15) is 0 Å². The first-order valence-electron chi connectivity index (χ1n) is 11.6. The van der Waals surface area contributed by atoms with Crippen molar-refractivity contribution in [2.45, 2.75) is 66.2 Å². The Morgan fingerprint density at radius 1 is 0.875 bits per heavy atom. The van der Waals surface area contributed by atoms with E-state index in [0.717, 1.165) is 11.1 Å². The molecule has 1 amide bonds. The van der Waals surface area contributed by atoms with E-state index in [4.69, 9.17) is 4.74 Å². The molecule has 178 valence electrons. The molecule has 2 aromatic rings. The summed E-state index contributed by atoms with van der Waals surface area (Å²) in [4.78, 5) is 16.7. The number of carbonyl (C=O) groups is 1. The van der Waals surface area contributed by atoms with E-state index in [1.165, 1.54) is 19.6 Å². The summed E-state index contributed by atoms with van der Waals surface area (Å²) in [7, 11) is 0. The molecule has 0 aliphatic heterocycles. The molecule has 0 radical (unpaired) electrons. The van der Waals surface area contributed by atoms with Crippen molar-refractivity contribution in [1.29, 1.82) is 0 Å². The zero-order valence-corrected chi connectivity index (χ0v) is 20.8. The Bertz CT molecular complexity index is 735. The second kappa shape index (κ2) is 14.6. The maximum absolute atomic E-state index is 12.7. The third-order valence-corrected chi connectivity index (χ3v) is 5.13. The Kier molecular flexibility index (Phi) is 12.7. The molecule has 1 unspecified atom stereocenters. The fraction of sp³-hybridized carbons (Fsp3) is 0.519. The van der Waals surface area contributed by atoms with Crippen molar-refractivity contribution >= 4 is 6.09 Å². The standard InChI is InChI=1S/C21H27NO3.C6H15N/c1-21(2,3)25-20(24)22(15-18-12-8-5-9-13-18)19(16-23)14-17-10-6-4-7-11-17;1-4-7(5-2)6-3/h4-13,19,23H,14-16H2,1-3H3;4-6H2,1-3H3. The molecule has 0 fully saturated rings. The first-order chi connectivity index (χ1) is 15.2. The zero-order chi connectivity index (χ0) is 24.0. The van der Waals surface area contributed by atoms with Crippen molar-refractivity contribution in [2.24, 2.45) is 0 Å². The molecule has 32 heavy (non-hydrogen) atoms. The van der Waals surface area contributed by atoms with Crippen molar-refractivity contribution < 1.29 is 14.6 Å². The maximum atomic E-state index is 12.7. The van der Waals surface area contributed by atoms with Crippen molar-refractivity contribution in [1.82, 2.24) is 9.80 Å². The summed E-state index contributed by atoms with van der Waals surface area (Å²) in [5, 5.41) is 9.93. The topological polar surface area (TPSA) is 53.0 Å². The Morgan fingerprint density at radius 2 is 1.34 bits per heavy atom. The molecule has 1 atom stereocenters. The average Bonchev–Trinajstić information content (AvgIpc) is 2.78. The third kappa shape index (κ3) is 10.8. The van der Waals surface area contributed by atoms with Crippen LogP contribution < -0.4 is 0 Å². The van der Waals surface area contributed by atoms with E-state index in [1.807, 2.05) is 81.4 Å². The lowest BCUT2D eigenvalue weighted by molar-refractivity contribution is 0.00697. The molecule has 0 bridgehead atoms. The van der Waals surface area contributed by atoms with E-state index < -0.39 is 11.7 Å². The normalized spacial score (nSPS) is 12.0. The molecule has 0 spiro atoms. The fourth-order valence-corrected chi connectivity index (χ4v) is 3.27. The van der Waals surface area contributed by atoms with Crippen LogP contribution >= 0.6 is 0 Å².